The van der Waals surface area contributed by atoms with Crippen molar-refractivity contribution in [1.29, 1.82) is 0 Å². The topological polar surface area (TPSA) is 66.5 Å². The van der Waals surface area contributed by atoms with Crippen molar-refractivity contribution in [3.8, 4) is 0 Å². The molecule has 1 aromatic rings. The second-order valence-electron chi connectivity index (χ2n) is 5.73. The van der Waals surface area contributed by atoms with Crippen LogP contribution >= 0.6 is 11.6 Å². The number of anilines is 1. The number of aryl methyl sites for hydroxylation is 2. The van der Waals surface area contributed by atoms with Crippen LogP contribution in [-0.2, 0) is 14.6 Å². The monoisotopic (exact) mass is 344 g/mol. The summed E-state index contributed by atoms with van der Waals surface area (Å²) in [6.07, 6.45) is 0.323. The molecule has 0 radical (unpaired) electrons. The Labute approximate surface area is 136 Å². The Balaban J connectivity index is 1.87. The van der Waals surface area contributed by atoms with E-state index in [1.807, 2.05) is 30.9 Å². The van der Waals surface area contributed by atoms with Gasteiger partial charge < -0.3 is 10.2 Å². The van der Waals surface area contributed by atoms with Crippen LogP contribution in [0.4, 0.5) is 5.69 Å². The van der Waals surface area contributed by atoms with Crippen LogP contribution in [0.3, 0.4) is 0 Å². The van der Waals surface area contributed by atoms with Gasteiger partial charge in [-0.25, -0.2) is 8.42 Å². The number of benzene rings is 1. The Morgan fingerprint density at radius 1 is 1.27 bits per heavy atom. The smallest absolute Gasteiger partial charge is 0.225 e. The van der Waals surface area contributed by atoms with Crippen LogP contribution in [0.2, 0.25) is 5.02 Å². The zero-order valence-electron chi connectivity index (χ0n) is 12.9. The molecule has 0 spiro atoms. The number of rotatable bonds is 4. The first kappa shape index (κ1) is 17.2. The predicted molar refractivity (Wildman–Crippen MR) is 89.3 cm³/mol. The van der Waals surface area contributed by atoms with Crippen molar-refractivity contribution in [2.75, 3.05) is 36.5 Å². The van der Waals surface area contributed by atoms with E-state index in [0.717, 1.165) is 11.1 Å². The number of hydrogen-bond donors (Lipinski definition) is 1. The van der Waals surface area contributed by atoms with E-state index in [1.165, 1.54) is 0 Å². The van der Waals surface area contributed by atoms with E-state index in [2.05, 4.69) is 5.32 Å². The third-order valence-corrected chi connectivity index (χ3v) is 5.70. The van der Waals surface area contributed by atoms with Crippen molar-refractivity contribution >= 4 is 33.0 Å². The second kappa shape index (κ2) is 6.98. The zero-order chi connectivity index (χ0) is 16.3. The molecule has 0 bridgehead atoms. The highest BCUT2D eigenvalue weighted by molar-refractivity contribution is 7.91. The van der Waals surface area contributed by atoms with Crippen LogP contribution in [-0.4, -0.2) is 50.4 Å². The Morgan fingerprint density at radius 3 is 2.50 bits per heavy atom. The van der Waals surface area contributed by atoms with Crippen LogP contribution in [0.5, 0.6) is 0 Å². The number of sulfone groups is 1. The van der Waals surface area contributed by atoms with Crippen LogP contribution in [0.25, 0.3) is 0 Å². The number of carbonyl (C=O) groups is 1. The van der Waals surface area contributed by atoms with Gasteiger partial charge in [0.1, 0.15) is 0 Å². The summed E-state index contributed by atoms with van der Waals surface area (Å²) < 4.78 is 22.7. The Morgan fingerprint density at radius 2 is 1.91 bits per heavy atom. The molecule has 1 aliphatic heterocycles. The van der Waals surface area contributed by atoms with Gasteiger partial charge >= 0.3 is 0 Å². The SMILES string of the molecule is Cc1cc(C)c(NC(=O)CCN2CCS(=O)(=O)CC2)c(Cl)c1. The second-order valence-corrected chi connectivity index (χ2v) is 8.44. The summed E-state index contributed by atoms with van der Waals surface area (Å²) in [4.78, 5) is 14.1. The number of halogens is 1. The van der Waals surface area contributed by atoms with Crippen molar-refractivity contribution in [1.82, 2.24) is 4.90 Å². The molecule has 22 heavy (non-hydrogen) atoms. The fraction of sp³-hybridized carbons (Fsp3) is 0.533. The third-order valence-electron chi connectivity index (χ3n) is 3.79. The number of nitrogens with zero attached hydrogens (tertiary/aromatic N) is 1. The van der Waals surface area contributed by atoms with Crippen molar-refractivity contribution in [3.05, 3.63) is 28.3 Å². The molecule has 0 saturated carbocycles. The van der Waals surface area contributed by atoms with Crippen molar-refractivity contribution in [3.63, 3.8) is 0 Å². The average Bonchev–Trinajstić information content (AvgIpc) is 2.41. The molecule has 1 fully saturated rings. The maximum absolute atomic E-state index is 12.1. The lowest BCUT2D eigenvalue weighted by Gasteiger charge is -2.26. The molecule has 122 valence electrons. The fourth-order valence-electron chi connectivity index (χ4n) is 2.51. The number of hydrogen-bond acceptors (Lipinski definition) is 4. The summed E-state index contributed by atoms with van der Waals surface area (Å²) >= 11 is 6.17. The van der Waals surface area contributed by atoms with Gasteiger partial charge in [0.05, 0.1) is 22.2 Å². The lowest BCUT2D eigenvalue weighted by molar-refractivity contribution is -0.116. The van der Waals surface area contributed by atoms with E-state index in [-0.39, 0.29) is 17.4 Å². The summed E-state index contributed by atoms with van der Waals surface area (Å²) in [5, 5.41) is 3.38. The number of nitrogens with one attached hydrogen (secondary N) is 1. The van der Waals surface area contributed by atoms with E-state index in [1.54, 1.807) is 0 Å². The van der Waals surface area contributed by atoms with Crippen molar-refractivity contribution < 1.29 is 13.2 Å². The van der Waals surface area contributed by atoms with Crippen LogP contribution in [0, 0.1) is 13.8 Å². The lowest BCUT2D eigenvalue weighted by Crippen LogP contribution is -2.41. The molecule has 2 rings (SSSR count). The molecule has 1 amide bonds. The first-order chi connectivity index (χ1) is 10.3. The quantitative estimate of drug-likeness (QED) is 0.907. The van der Waals surface area contributed by atoms with Gasteiger partial charge in [-0.15, -0.1) is 0 Å². The maximum Gasteiger partial charge on any atom is 0.225 e. The normalized spacial score (nSPS) is 18.1. The van der Waals surface area contributed by atoms with E-state index in [4.69, 9.17) is 11.6 Å². The van der Waals surface area contributed by atoms with Crippen LogP contribution in [0.1, 0.15) is 17.5 Å². The van der Waals surface area contributed by atoms with Gasteiger partial charge in [-0.3, -0.25) is 4.79 Å². The molecule has 1 saturated heterocycles. The highest BCUT2D eigenvalue weighted by Gasteiger charge is 2.21. The van der Waals surface area contributed by atoms with Gasteiger partial charge in [0, 0.05) is 26.1 Å². The maximum atomic E-state index is 12.1. The molecule has 0 aromatic heterocycles. The molecular weight excluding hydrogens is 324 g/mol. The van der Waals surface area contributed by atoms with Gasteiger partial charge in [-0.1, -0.05) is 17.7 Å². The van der Waals surface area contributed by atoms with E-state index >= 15 is 0 Å². The van der Waals surface area contributed by atoms with Crippen molar-refractivity contribution in [2.45, 2.75) is 20.3 Å². The van der Waals surface area contributed by atoms with Crippen molar-refractivity contribution in [2.24, 2.45) is 0 Å². The van der Waals surface area contributed by atoms with Gasteiger partial charge in [-0.2, -0.15) is 0 Å². The Hall–Kier alpha value is -1.11. The minimum Gasteiger partial charge on any atom is -0.325 e. The predicted octanol–water partition coefficient (Wildman–Crippen LogP) is 2.02. The molecule has 5 nitrogen and oxygen atoms in total. The standard InChI is InChI=1S/C15H21ClN2O3S/c1-11-9-12(2)15(13(16)10-11)17-14(19)3-4-18-5-7-22(20,21)8-6-18/h9-10H,3-8H2,1-2H3,(H,17,19). The van der Waals surface area contributed by atoms with E-state index in [9.17, 15) is 13.2 Å². The first-order valence-corrected chi connectivity index (χ1v) is 9.46. The Kier molecular flexibility index (Phi) is 5.47. The molecule has 1 heterocycles. The summed E-state index contributed by atoms with van der Waals surface area (Å²) in [5.74, 6) is 0.247. The van der Waals surface area contributed by atoms with Gasteiger partial charge in [-0.05, 0) is 31.0 Å². The Bertz CT molecular complexity index is 636. The van der Waals surface area contributed by atoms with Crippen LogP contribution in [0.15, 0.2) is 12.1 Å². The molecule has 0 aliphatic carbocycles. The minimum absolute atomic E-state index is 0.109. The lowest BCUT2D eigenvalue weighted by atomic mass is 10.1. The summed E-state index contributed by atoms with van der Waals surface area (Å²) in [7, 11) is -2.88. The molecule has 1 N–H and O–H groups in total. The highest BCUT2D eigenvalue weighted by Crippen LogP contribution is 2.27. The number of carbonyl (C=O) groups excluding carboxylic acids is 1. The van der Waals surface area contributed by atoms with E-state index < -0.39 is 9.84 Å². The summed E-state index contributed by atoms with van der Waals surface area (Å²) in [5.41, 5.74) is 2.64. The highest BCUT2D eigenvalue weighted by atomic mass is 35.5. The first-order valence-electron chi connectivity index (χ1n) is 7.26. The zero-order valence-corrected chi connectivity index (χ0v) is 14.4. The van der Waals surface area contributed by atoms with Gasteiger partial charge in [0.2, 0.25) is 5.91 Å². The molecule has 0 unspecified atom stereocenters. The fourth-order valence-corrected chi connectivity index (χ4v) is 4.15. The molecule has 1 aliphatic rings. The number of amides is 1. The molecular formula is C15H21ClN2O3S. The molecule has 1 aromatic carbocycles. The van der Waals surface area contributed by atoms with Crippen LogP contribution < -0.4 is 5.32 Å². The largest absolute Gasteiger partial charge is 0.325 e. The molecule has 7 heteroatoms. The average molecular weight is 345 g/mol. The minimum atomic E-state index is -2.88. The molecule has 0 atom stereocenters. The third kappa shape index (κ3) is 4.69. The summed E-state index contributed by atoms with van der Waals surface area (Å²) in [6.45, 7) is 5.42. The van der Waals surface area contributed by atoms with Gasteiger partial charge in [0.25, 0.3) is 0 Å². The summed E-state index contributed by atoms with van der Waals surface area (Å²) in [6, 6.07) is 3.79. The van der Waals surface area contributed by atoms with Gasteiger partial charge in [0.15, 0.2) is 9.84 Å². The van der Waals surface area contributed by atoms with E-state index in [0.29, 0.717) is 36.8 Å².